The van der Waals surface area contributed by atoms with E-state index in [1.165, 1.54) is 0 Å². The van der Waals surface area contributed by atoms with E-state index < -0.39 is 0 Å². The van der Waals surface area contributed by atoms with Gasteiger partial charge in [-0.15, -0.1) is 0 Å². The van der Waals surface area contributed by atoms with E-state index in [9.17, 15) is 0 Å². The zero-order valence-corrected chi connectivity index (χ0v) is 6.63. The highest BCUT2D eigenvalue weighted by Crippen LogP contribution is 2.19. The fourth-order valence-corrected chi connectivity index (χ4v) is 1.17. The molecule has 62 valence electrons. The van der Waals surface area contributed by atoms with Gasteiger partial charge in [-0.2, -0.15) is 4.98 Å². The first-order valence-corrected chi connectivity index (χ1v) is 3.55. The number of aryl methyl sites for hydroxylation is 1. The minimum atomic E-state index is 0.211. The second-order valence-electron chi connectivity index (χ2n) is 2.66. The van der Waals surface area contributed by atoms with Crippen LogP contribution in [0, 0.1) is 6.92 Å². The number of hydrogen-bond donors (Lipinski definition) is 3. The molecule has 12 heavy (non-hydrogen) atoms. The van der Waals surface area contributed by atoms with Gasteiger partial charge in [-0.25, -0.2) is 4.98 Å². The van der Waals surface area contributed by atoms with Crippen molar-refractivity contribution in [2.75, 3.05) is 11.5 Å². The standard InChI is InChI=1S/C7H9N5/c1-3-2-10-5-4(3)11-7(9)12-6(5)8/h2,10H,1H3,(H4,8,9,11,12). The van der Waals surface area contributed by atoms with E-state index >= 15 is 0 Å². The van der Waals surface area contributed by atoms with Crippen LogP contribution in [0.15, 0.2) is 6.20 Å². The summed E-state index contributed by atoms with van der Waals surface area (Å²) in [5.41, 5.74) is 13.6. The molecule has 0 aliphatic rings. The quantitative estimate of drug-likeness (QED) is 0.525. The predicted molar refractivity (Wildman–Crippen MR) is 47.5 cm³/mol. The molecule has 0 aliphatic heterocycles. The minimum absolute atomic E-state index is 0.211. The van der Waals surface area contributed by atoms with Crippen LogP contribution in [0.2, 0.25) is 0 Å². The van der Waals surface area contributed by atoms with Crippen molar-refractivity contribution < 1.29 is 0 Å². The molecule has 0 aromatic carbocycles. The first kappa shape index (κ1) is 6.90. The molecule has 0 atom stereocenters. The van der Waals surface area contributed by atoms with Crippen LogP contribution in [0.5, 0.6) is 0 Å². The van der Waals surface area contributed by atoms with Gasteiger partial charge in [0.05, 0.1) is 5.52 Å². The molecule has 0 radical (unpaired) electrons. The second kappa shape index (κ2) is 2.10. The third-order valence-corrected chi connectivity index (χ3v) is 1.76. The number of aromatic amines is 1. The maximum absolute atomic E-state index is 5.61. The molecule has 5 nitrogen and oxygen atoms in total. The average Bonchev–Trinajstić information content (AvgIpc) is 2.33. The number of rotatable bonds is 0. The third-order valence-electron chi connectivity index (χ3n) is 1.76. The van der Waals surface area contributed by atoms with E-state index in [0.717, 1.165) is 16.6 Å². The molecule has 0 bridgehead atoms. The number of fused-ring (bicyclic) bond motifs is 1. The van der Waals surface area contributed by atoms with Crippen LogP contribution in [-0.4, -0.2) is 15.0 Å². The Morgan fingerprint density at radius 3 is 2.83 bits per heavy atom. The summed E-state index contributed by atoms with van der Waals surface area (Å²) in [4.78, 5) is 10.9. The Morgan fingerprint density at radius 1 is 1.33 bits per heavy atom. The summed E-state index contributed by atoms with van der Waals surface area (Å²) < 4.78 is 0. The van der Waals surface area contributed by atoms with Crippen molar-refractivity contribution in [2.45, 2.75) is 6.92 Å². The molecule has 0 saturated carbocycles. The molecule has 5 N–H and O–H groups in total. The molecule has 2 aromatic rings. The van der Waals surface area contributed by atoms with E-state index in [1.54, 1.807) is 0 Å². The fourth-order valence-electron chi connectivity index (χ4n) is 1.17. The number of nitrogens with two attached hydrogens (primary N) is 2. The summed E-state index contributed by atoms with van der Waals surface area (Å²) in [6.45, 7) is 1.94. The summed E-state index contributed by atoms with van der Waals surface area (Å²) in [6.07, 6.45) is 1.83. The summed E-state index contributed by atoms with van der Waals surface area (Å²) in [5.74, 6) is 0.605. The van der Waals surface area contributed by atoms with Gasteiger partial charge in [-0.05, 0) is 12.5 Å². The van der Waals surface area contributed by atoms with Crippen molar-refractivity contribution in [1.82, 2.24) is 15.0 Å². The van der Waals surface area contributed by atoms with Crippen LogP contribution >= 0.6 is 0 Å². The summed E-state index contributed by atoms with van der Waals surface area (Å²) in [6, 6.07) is 0. The van der Waals surface area contributed by atoms with Crippen molar-refractivity contribution in [1.29, 1.82) is 0 Å². The van der Waals surface area contributed by atoms with Gasteiger partial charge in [-0.1, -0.05) is 0 Å². The predicted octanol–water partition coefficient (Wildman–Crippen LogP) is 0.431. The van der Waals surface area contributed by atoms with Gasteiger partial charge in [0.1, 0.15) is 5.52 Å². The van der Waals surface area contributed by atoms with Crippen LogP contribution in [0.25, 0.3) is 11.0 Å². The topological polar surface area (TPSA) is 93.6 Å². The van der Waals surface area contributed by atoms with Crippen LogP contribution in [0.1, 0.15) is 5.56 Å². The highest BCUT2D eigenvalue weighted by molar-refractivity contribution is 5.87. The van der Waals surface area contributed by atoms with Gasteiger partial charge in [0, 0.05) is 6.20 Å². The maximum atomic E-state index is 5.61. The first-order chi connectivity index (χ1) is 5.68. The molecule has 0 spiro atoms. The van der Waals surface area contributed by atoms with Crippen molar-refractivity contribution in [3.63, 3.8) is 0 Å². The zero-order chi connectivity index (χ0) is 8.72. The molecule has 0 aliphatic carbocycles. The summed E-state index contributed by atoms with van der Waals surface area (Å²) in [5, 5.41) is 0. The largest absolute Gasteiger partial charge is 0.382 e. The Labute approximate surface area is 68.8 Å². The second-order valence-corrected chi connectivity index (χ2v) is 2.66. The highest BCUT2D eigenvalue weighted by Gasteiger charge is 2.06. The Bertz CT molecular complexity index is 431. The first-order valence-electron chi connectivity index (χ1n) is 3.55. The van der Waals surface area contributed by atoms with Crippen LogP contribution in [0.3, 0.4) is 0 Å². The maximum Gasteiger partial charge on any atom is 0.222 e. The van der Waals surface area contributed by atoms with Gasteiger partial charge in [-0.3, -0.25) is 0 Å². The summed E-state index contributed by atoms with van der Waals surface area (Å²) >= 11 is 0. The van der Waals surface area contributed by atoms with E-state index in [2.05, 4.69) is 15.0 Å². The van der Waals surface area contributed by atoms with Gasteiger partial charge < -0.3 is 16.5 Å². The van der Waals surface area contributed by atoms with Gasteiger partial charge in [0.15, 0.2) is 5.82 Å². The molecule has 2 aromatic heterocycles. The Balaban J connectivity index is 2.92. The lowest BCUT2D eigenvalue weighted by molar-refractivity contribution is 1.24. The molecule has 0 amide bonds. The molecule has 2 heterocycles. The number of H-pyrrole nitrogens is 1. The van der Waals surface area contributed by atoms with Gasteiger partial charge in [0.2, 0.25) is 5.95 Å². The van der Waals surface area contributed by atoms with Gasteiger partial charge in [0.25, 0.3) is 0 Å². The number of nitrogens with zero attached hydrogens (tertiary/aromatic N) is 2. The van der Waals surface area contributed by atoms with E-state index in [-0.39, 0.29) is 5.95 Å². The normalized spacial score (nSPS) is 10.8. The van der Waals surface area contributed by atoms with Crippen molar-refractivity contribution in [3.8, 4) is 0 Å². The number of nitrogens with one attached hydrogen (secondary N) is 1. The average molecular weight is 163 g/mol. The molecule has 0 fully saturated rings. The fraction of sp³-hybridized carbons (Fsp3) is 0.143. The Kier molecular flexibility index (Phi) is 1.21. The molecule has 5 heteroatoms. The third kappa shape index (κ3) is 0.795. The minimum Gasteiger partial charge on any atom is -0.382 e. The molecule has 0 unspecified atom stereocenters. The number of nitrogen functional groups attached to an aromatic ring is 2. The number of hydrogen-bond acceptors (Lipinski definition) is 4. The molecular formula is C7H9N5. The number of anilines is 2. The molecular weight excluding hydrogens is 154 g/mol. The smallest absolute Gasteiger partial charge is 0.222 e. The number of aromatic nitrogens is 3. The van der Waals surface area contributed by atoms with Crippen LogP contribution in [0.4, 0.5) is 11.8 Å². The lowest BCUT2D eigenvalue weighted by Crippen LogP contribution is -1.99. The lowest BCUT2D eigenvalue weighted by Gasteiger charge is -1.96. The SMILES string of the molecule is Cc1c[nH]c2c(N)nc(N)nc12. The highest BCUT2D eigenvalue weighted by atomic mass is 15.1. The van der Waals surface area contributed by atoms with E-state index in [1.807, 2.05) is 13.1 Å². The van der Waals surface area contributed by atoms with Crippen molar-refractivity contribution in [2.24, 2.45) is 0 Å². The summed E-state index contributed by atoms with van der Waals surface area (Å²) in [7, 11) is 0. The van der Waals surface area contributed by atoms with Gasteiger partial charge >= 0.3 is 0 Å². The van der Waals surface area contributed by atoms with E-state index in [4.69, 9.17) is 11.5 Å². The Morgan fingerprint density at radius 2 is 2.08 bits per heavy atom. The lowest BCUT2D eigenvalue weighted by atomic mass is 10.3. The van der Waals surface area contributed by atoms with Crippen molar-refractivity contribution in [3.05, 3.63) is 11.8 Å². The van der Waals surface area contributed by atoms with Crippen molar-refractivity contribution >= 4 is 22.8 Å². The Hall–Kier alpha value is -1.78. The molecule has 2 rings (SSSR count). The molecule has 0 saturated heterocycles. The van der Waals surface area contributed by atoms with Crippen LogP contribution in [-0.2, 0) is 0 Å². The van der Waals surface area contributed by atoms with E-state index in [0.29, 0.717) is 5.82 Å². The van der Waals surface area contributed by atoms with Crippen LogP contribution < -0.4 is 11.5 Å². The monoisotopic (exact) mass is 163 g/mol. The zero-order valence-electron chi connectivity index (χ0n) is 6.63.